The van der Waals surface area contributed by atoms with Crippen LogP contribution in [0.1, 0.15) is 32.1 Å². The highest BCUT2D eigenvalue weighted by atomic mass is 16.3. The summed E-state index contributed by atoms with van der Waals surface area (Å²) in [5.74, 6) is 0. The summed E-state index contributed by atoms with van der Waals surface area (Å²) in [6, 6.07) is 0.693. The van der Waals surface area contributed by atoms with Gasteiger partial charge in [0.2, 0.25) is 0 Å². The minimum atomic E-state index is -0.290. The van der Waals surface area contributed by atoms with Gasteiger partial charge in [-0.05, 0) is 12.8 Å². The summed E-state index contributed by atoms with van der Waals surface area (Å²) in [4.78, 5) is 2.38. The van der Waals surface area contributed by atoms with Crippen molar-refractivity contribution in [2.45, 2.75) is 50.3 Å². The molecule has 0 unspecified atom stereocenters. The predicted molar refractivity (Wildman–Crippen MR) is 52.4 cm³/mol. The Morgan fingerprint density at radius 1 is 1.08 bits per heavy atom. The molecule has 2 rings (SSSR count). The number of aliphatic hydroxyl groups excluding tert-OH is 1. The fraction of sp³-hybridized carbons (Fsp3) is 1.00. The van der Waals surface area contributed by atoms with Crippen LogP contribution in [0, 0.1) is 0 Å². The van der Waals surface area contributed by atoms with Gasteiger partial charge in [0.1, 0.15) is 0 Å². The average molecular weight is 184 g/mol. The highest BCUT2D eigenvalue weighted by molar-refractivity contribution is 4.90. The third-order valence-electron chi connectivity index (χ3n) is 3.45. The molecule has 3 N–H and O–H groups in total. The first-order valence-corrected chi connectivity index (χ1v) is 5.45. The lowest BCUT2D eigenvalue weighted by atomic mass is 9.94. The first-order chi connectivity index (χ1) is 6.27. The Morgan fingerprint density at radius 2 is 1.77 bits per heavy atom. The molecular weight excluding hydrogens is 164 g/mol. The SMILES string of the molecule is N[C@H]1CN(C2CCCCC2)C[C@H]1O. The highest BCUT2D eigenvalue weighted by Crippen LogP contribution is 2.25. The second-order valence-corrected chi connectivity index (χ2v) is 4.48. The second kappa shape index (κ2) is 3.95. The van der Waals surface area contributed by atoms with E-state index in [4.69, 9.17) is 5.73 Å². The van der Waals surface area contributed by atoms with E-state index in [1.54, 1.807) is 0 Å². The lowest BCUT2D eigenvalue weighted by Crippen LogP contribution is -2.36. The number of likely N-dealkylation sites (tertiary alicyclic amines) is 1. The molecule has 1 saturated heterocycles. The fourth-order valence-corrected chi connectivity index (χ4v) is 2.59. The van der Waals surface area contributed by atoms with Gasteiger partial charge in [0.25, 0.3) is 0 Å². The van der Waals surface area contributed by atoms with Crippen LogP contribution in [0.4, 0.5) is 0 Å². The standard InChI is InChI=1S/C10H20N2O/c11-9-6-12(7-10(9)13)8-4-2-1-3-5-8/h8-10,13H,1-7,11H2/t9-,10+/m0/s1. The number of aliphatic hydroxyl groups is 1. The molecule has 0 radical (unpaired) electrons. The smallest absolute Gasteiger partial charge is 0.0830 e. The quantitative estimate of drug-likeness (QED) is 0.617. The van der Waals surface area contributed by atoms with Crippen molar-refractivity contribution in [3.8, 4) is 0 Å². The van der Waals surface area contributed by atoms with E-state index in [0.717, 1.165) is 13.1 Å². The summed E-state index contributed by atoms with van der Waals surface area (Å²) in [6.07, 6.45) is 6.42. The summed E-state index contributed by atoms with van der Waals surface area (Å²) in [5.41, 5.74) is 5.78. The second-order valence-electron chi connectivity index (χ2n) is 4.48. The minimum Gasteiger partial charge on any atom is -0.390 e. The first kappa shape index (κ1) is 9.44. The van der Waals surface area contributed by atoms with Crippen LogP contribution in [-0.4, -0.2) is 41.3 Å². The Hall–Kier alpha value is -0.120. The van der Waals surface area contributed by atoms with E-state index in [0.29, 0.717) is 6.04 Å². The zero-order chi connectivity index (χ0) is 9.26. The van der Waals surface area contributed by atoms with Crippen LogP contribution in [0.5, 0.6) is 0 Å². The van der Waals surface area contributed by atoms with E-state index in [1.165, 1.54) is 32.1 Å². The van der Waals surface area contributed by atoms with Crippen molar-refractivity contribution in [1.82, 2.24) is 4.90 Å². The topological polar surface area (TPSA) is 49.5 Å². The third-order valence-corrected chi connectivity index (χ3v) is 3.45. The molecule has 3 heteroatoms. The number of hydrogen-bond donors (Lipinski definition) is 2. The molecule has 0 aromatic carbocycles. The number of nitrogens with zero attached hydrogens (tertiary/aromatic N) is 1. The van der Waals surface area contributed by atoms with Gasteiger partial charge in [-0.25, -0.2) is 0 Å². The van der Waals surface area contributed by atoms with Crippen LogP contribution in [0.15, 0.2) is 0 Å². The molecule has 3 nitrogen and oxygen atoms in total. The van der Waals surface area contributed by atoms with Crippen LogP contribution in [0.3, 0.4) is 0 Å². The molecule has 2 aliphatic rings. The number of β-amino-alcohol motifs (C(OH)–C–C–N with tert-alkyl or cyclic N) is 1. The Kier molecular flexibility index (Phi) is 2.86. The first-order valence-electron chi connectivity index (χ1n) is 5.45. The molecule has 1 saturated carbocycles. The molecule has 1 heterocycles. The van der Waals surface area contributed by atoms with E-state index in [1.807, 2.05) is 0 Å². The Bertz CT molecular complexity index is 158. The third kappa shape index (κ3) is 2.03. The molecule has 0 spiro atoms. The molecule has 1 aliphatic heterocycles. The van der Waals surface area contributed by atoms with Crippen molar-refractivity contribution in [2.75, 3.05) is 13.1 Å². The van der Waals surface area contributed by atoms with Gasteiger partial charge in [0, 0.05) is 25.2 Å². The van der Waals surface area contributed by atoms with Crippen molar-refractivity contribution in [2.24, 2.45) is 5.73 Å². The largest absolute Gasteiger partial charge is 0.390 e. The maximum absolute atomic E-state index is 9.53. The minimum absolute atomic E-state index is 0.0121. The van der Waals surface area contributed by atoms with Gasteiger partial charge >= 0.3 is 0 Å². The van der Waals surface area contributed by atoms with Crippen molar-refractivity contribution >= 4 is 0 Å². The maximum Gasteiger partial charge on any atom is 0.0830 e. The van der Waals surface area contributed by atoms with E-state index < -0.39 is 0 Å². The fourth-order valence-electron chi connectivity index (χ4n) is 2.59. The number of rotatable bonds is 1. The van der Waals surface area contributed by atoms with Gasteiger partial charge in [-0.1, -0.05) is 19.3 Å². The Labute approximate surface area is 79.9 Å². The monoisotopic (exact) mass is 184 g/mol. The lowest BCUT2D eigenvalue weighted by molar-refractivity contribution is 0.139. The van der Waals surface area contributed by atoms with Crippen LogP contribution in [0.25, 0.3) is 0 Å². The summed E-state index contributed by atoms with van der Waals surface area (Å²) in [5, 5.41) is 9.53. The molecule has 1 aliphatic carbocycles. The summed E-state index contributed by atoms with van der Waals surface area (Å²) in [7, 11) is 0. The zero-order valence-electron chi connectivity index (χ0n) is 8.15. The zero-order valence-corrected chi connectivity index (χ0v) is 8.15. The maximum atomic E-state index is 9.53. The van der Waals surface area contributed by atoms with Gasteiger partial charge in [0.15, 0.2) is 0 Å². The predicted octanol–water partition coefficient (Wildman–Crippen LogP) is 0.323. The van der Waals surface area contributed by atoms with Gasteiger partial charge in [-0.3, -0.25) is 4.90 Å². The number of hydrogen-bond acceptors (Lipinski definition) is 3. The molecular formula is C10H20N2O. The molecule has 2 atom stereocenters. The molecule has 0 amide bonds. The van der Waals surface area contributed by atoms with Crippen molar-refractivity contribution in [1.29, 1.82) is 0 Å². The van der Waals surface area contributed by atoms with E-state index in [-0.39, 0.29) is 12.1 Å². The van der Waals surface area contributed by atoms with E-state index >= 15 is 0 Å². The molecule has 13 heavy (non-hydrogen) atoms. The van der Waals surface area contributed by atoms with Crippen molar-refractivity contribution in [3.63, 3.8) is 0 Å². The summed E-state index contributed by atoms with van der Waals surface area (Å²) in [6.45, 7) is 1.69. The van der Waals surface area contributed by atoms with Crippen LogP contribution in [0.2, 0.25) is 0 Å². The summed E-state index contributed by atoms with van der Waals surface area (Å²) >= 11 is 0. The molecule has 0 aromatic rings. The van der Waals surface area contributed by atoms with Crippen LogP contribution in [-0.2, 0) is 0 Å². The van der Waals surface area contributed by atoms with Crippen molar-refractivity contribution in [3.05, 3.63) is 0 Å². The van der Waals surface area contributed by atoms with Crippen LogP contribution < -0.4 is 5.73 Å². The number of nitrogens with two attached hydrogens (primary N) is 1. The van der Waals surface area contributed by atoms with E-state index in [2.05, 4.69) is 4.90 Å². The van der Waals surface area contributed by atoms with Crippen molar-refractivity contribution < 1.29 is 5.11 Å². The molecule has 2 fully saturated rings. The van der Waals surface area contributed by atoms with Gasteiger partial charge in [0.05, 0.1) is 6.10 Å². The normalized spacial score (nSPS) is 38.3. The van der Waals surface area contributed by atoms with E-state index in [9.17, 15) is 5.11 Å². The summed E-state index contributed by atoms with van der Waals surface area (Å²) < 4.78 is 0. The lowest BCUT2D eigenvalue weighted by Gasteiger charge is -2.30. The molecule has 0 aromatic heterocycles. The van der Waals surface area contributed by atoms with Crippen LogP contribution >= 0.6 is 0 Å². The van der Waals surface area contributed by atoms with Gasteiger partial charge in [-0.2, -0.15) is 0 Å². The van der Waals surface area contributed by atoms with Gasteiger partial charge in [-0.15, -0.1) is 0 Å². The average Bonchev–Trinajstić information content (AvgIpc) is 2.49. The highest BCUT2D eigenvalue weighted by Gasteiger charge is 2.32. The molecule has 0 bridgehead atoms. The Morgan fingerprint density at radius 3 is 2.31 bits per heavy atom. The van der Waals surface area contributed by atoms with Gasteiger partial charge < -0.3 is 10.8 Å². The molecule has 76 valence electrons. The Balaban J connectivity index is 1.87.